The molecule has 0 aromatic heterocycles. The average molecular weight is 289 g/mol. The third kappa shape index (κ3) is 2.77. The number of carbonyl (C=O) groups is 1. The highest BCUT2D eigenvalue weighted by atomic mass is 16.5. The minimum atomic E-state index is -0.165. The molecule has 0 bridgehead atoms. The fraction of sp³-hybridized carbons (Fsp3) is 0.588. The van der Waals surface area contributed by atoms with E-state index in [1.807, 2.05) is 36.2 Å². The van der Waals surface area contributed by atoms with Crippen LogP contribution in [-0.4, -0.2) is 42.2 Å². The van der Waals surface area contributed by atoms with Gasteiger partial charge in [0.15, 0.2) is 0 Å². The maximum atomic E-state index is 12.8. The quantitative estimate of drug-likeness (QED) is 0.928. The number of rotatable bonds is 3. The standard InChI is InChI=1S/C17H23NO3/c1-18(13-8-6-12(10-19)7-9-13)17(20)15-11-21-16-5-3-2-4-14(15)16/h2-5,12-13,15,19H,6-11H2,1H3. The Kier molecular flexibility index (Phi) is 4.15. The van der Waals surface area contributed by atoms with Gasteiger partial charge in [-0.1, -0.05) is 18.2 Å². The lowest BCUT2D eigenvalue weighted by Gasteiger charge is -2.35. The summed E-state index contributed by atoms with van der Waals surface area (Å²) in [4.78, 5) is 14.7. The molecule has 0 spiro atoms. The van der Waals surface area contributed by atoms with Crippen molar-refractivity contribution in [1.29, 1.82) is 0 Å². The highest BCUT2D eigenvalue weighted by Gasteiger charge is 2.35. The second kappa shape index (κ2) is 6.06. The van der Waals surface area contributed by atoms with Crippen molar-refractivity contribution in [3.63, 3.8) is 0 Å². The molecule has 4 heteroatoms. The maximum absolute atomic E-state index is 12.8. The van der Waals surface area contributed by atoms with Gasteiger partial charge in [-0.25, -0.2) is 0 Å². The van der Waals surface area contributed by atoms with Gasteiger partial charge in [0, 0.05) is 25.3 Å². The number of para-hydroxylation sites is 1. The van der Waals surface area contributed by atoms with Crippen LogP contribution in [0.5, 0.6) is 5.75 Å². The number of hydrogen-bond acceptors (Lipinski definition) is 3. The molecule has 4 nitrogen and oxygen atoms in total. The molecular formula is C17H23NO3. The van der Waals surface area contributed by atoms with Crippen LogP contribution in [0.25, 0.3) is 0 Å². The molecule has 1 unspecified atom stereocenters. The molecule has 1 amide bonds. The van der Waals surface area contributed by atoms with Crippen LogP contribution in [0.3, 0.4) is 0 Å². The van der Waals surface area contributed by atoms with Gasteiger partial charge in [0.05, 0.1) is 0 Å². The number of hydrogen-bond donors (Lipinski definition) is 1. The van der Waals surface area contributed by atoms with E-state index in [-0.39, 0.29) is 18.4 Å². The Balaban J connectivity index is 1.66. The minimum Gasteiger partial charge on any atom is -0.492 e. The first-order valence-corrected chi connectivity index (χ1v) is 7.80. The Morgan fingerprint density at radius 3 is 2.71 bits per heavy atom. The second-order valence-electron chi connectivity index (χ2n) is 6.21. The van der Waals surface area contributed by atoms with Crippen molar-refractivity contribution in [2.45, 2.75) is 37.6 Å². The first kappa shape index (κ1) is 14.4. The predicted octanol–water partition coefficient (Wildman–Crippen LogP) is 2.17. The van der Waals surface area contributed by atoms with E-state index in [0.717, 1.165) is 37.0 Å². The Morgan fingerprint density at radius 2 is 2.00 bits per heavy atom. The lowest BCUT2D eigenvalue weighted by atomic mass is 9.85. The molecule has 3 rings (SSSR count). The number of amides is 1. The summed E-state index contributed by atoms with van der Waals surface area (Å²) < 4.78 is 5.62. The average Bonchev–Trinajstić information content (AvgIpc) is 2.97. The van der Waals surface area contributed by atoms with Crippen molar-refractivity contribution in [1.82, 2.24) is 4.90 Å². The van der Waals surface area contributed by atoms with Crippen LogP contribution < -0.4 is 4.74 Å². The number of benzene rings is 1. The Bertz CT molecular complexity index is 509. The molecular weight excluding hydrogens is 266 g/mol. The summed E-state index contributed by atoms with van der Waals surface area (Å²) in [5.74, 6) is 1.25. The van der Waals surface area contributed by atoms with Crippen LogP contribution in [0.1, 0.15) is 37.2 Å². The zero-order valence-electron chi connectivity index (χ0n) is 12.5. The van der Waals surface area contributed by atoms with Crippen molar-refractivity contribution >= 4 is 5.91 Å². The summed E-state index contributed by atoms with van der Waals surface area (Å²) in [6.45, 7) is 0.725. The monoisotopic (exact) mass is 289 g/mol. The molecule has 1 N–H and O–H groups in total. The van der Waals surface area contributed by atoms with Crippen molar-refractivity contribution in [2.75, 3.05) is 20.3 Å². The minimum absolute atomic E-state index is 0.160. The van der Waals surface area contributed by atoms with Gasteiger partial charge in [0.2, 0.25) is 5.91 Å². The van der Waals surface area contributed by atoms with Crippen LogP contribution >= 0.6 is 0 Å². The Hall–Kier alpha value is -1.55. The highest BCUT2D eigenvalue weighted by Crippen LogP contribution is 2.36. The van der Waals surface area contributed by atoms with E-state index in [4.69, 9.17) is 4.74 Å². The summed E-state index contributed by atoms with van der Waals surface area (Å²) in [5, 5.41) is 9.21. The van der Waals surface area contributed by atoms with E-state index < -0.39 is 0 Å². The molecule has 1 aliphatic carbocycles. The molecule has 1 heterocycles. The number of nitrogens with zero attached hydrogens (tertiary/aromatic N) is 1. The molecule has 1 aromatic carbocycles. The zero-order chi connectivity index (χ0) is 14.8. The Morgan fingerprint density at radius 1 is 1.29 bits per heavy atom. The lowest BCUT2D eigenvalue weighted by molar-refractivity contribution is -0.134. The summed E-state index contributed by atoms with van der Waals surface area (Å²) in [7, 11) is 1.91. The molecule has 114 valence electrons. The van der Waals surface area contributed by atoms with E-state index in [1.165, 1.54) is 0 Å². The van der Waals surface area contributed by atoms with Gasteiger partial charge in [-0.2, -0.15) is 0 Å². The van der Waals surface area contributed by atoms with Crippen molar-refractivity contribution < 1.29 is 14.6 Å². The molecule has 1 atom stereocenters. The van der Waals surface area contributed by atoms with Crippen molar-refractivity contribution in [3.8, 4) is 5.75 Å². The Labute approximate surface area is 125 Å². The molecule has 1 aliphatic heterocycles. The topological polar surface area (TPSA) is 49.8 Å². The molecule has 2 aliphatic rings. The third-order valence-corrected chi connectivity index (χ3v) is 4.97. The van der Waals surface area contributed by atoms with Crippen LogP contribution in [0.4, 0.5) is 0 Å². The number of likely N-dealkylation sites (N-methyl/N-ethyl adjacent to an activating group) is 1. The van der Waals surface area contributed by atoms with Gasteiger partial charge < -0.3 is 14.7 Å². The van der Waals surface area contributed by atoms with Gasteiger partial charge >= 0.3 is 0 Å². The normalized spacial score (nSPS) is 27.8. The van der Waals surface area contributed by atoms with E-state index in [1.54, 1.807) is 0 Å². The third-order valence-electron chi connectivity index (χ3n) is 4.97. The van der Waals surface area contributed by atoms with E-state index in [2.05, 4.69) is 0 Å². The van der Waals surface area contributed by atoms with Crippen LogP contribution in [0, 0.1) is 5.92 Å². The lowest BCUT2D eigenvalue weighted by Crippen LogP contribution is -2.42. The number of carbonyl (C=O) groups excluding carboxylic acids is 1. The first-order chi connectivity index (χ1) is 10.2. The molecule has 1 fully saturated rings. The number of aliphatic hydroxyl groups is 1. The van der Waals surface area contributed by atoms with Crippen LogP contribution in [-0.2, 0) is 4.79 Å². The summed E-state index contributed by atoms with van der Waals surface area (Å²) >= 11 is 0. The predicted molar refractivity (Wildman–Crippen MR) is 80.3 cm³/mol. The van der Waals surface area contributed by atoms with Gasteiger partial charge in [-0.05, 0) is 37.7 Å². The number of aliphatic hydroxyl groups excluding tert-OH is 1. The van der Waals surface area contributed by atoms with Crippen molar-refractivity contribution in [3.05, 3.63) is 29.8 Å². The molecule has 0 radical (unpaired) electrons. The van der Waals surface area contributed by atoms with Crippen molar-refractivity contribution in [2.24, 2.45) is 5.92 Å². The first-order valence-electron chi connectivity index (χ1n) is 7.80. The zero-order valence-corrected chi connectivity index (χ0v) is 12.5. The van der Waals surface area contributed by atoms with E-state index in [0.29, 0.717) is 18.6 Å². The summed E-state index contributed by atoms with van der Waals surface area (Å²) in [6, 6.07) is 8.11. The summed E-state index contributed by atoms with van der Waals surface area (Å²) in [6.07, 6.45) is 4.00. The van der Waals surface area contributed by atoms with Crippen LogP contribution in [0.2, 0.25) is 0 Å². The SMILES string of the molecule is CN(C(=O)C1COc2ccccc21)C1CCC(CO)CC1. The summed E-state index contributed by atoms with van der Waals surface area (Å²) in [5.41, 5.74) is 1.01. The van der Waals surface area contributed by atoms with Gasteiger partial charge in [-0.15, -0.1) is 0 Å². The smallest absolute Gasteiger partial charge is 0.233 e. The largest absolute Gasteiger partial charge is 0.492 e. The van der Waals surface area contributed by atoms with E-state index >= 15 is 0 Å². The maximum Gasteiger partial charge on any atom is 0.233 e. The fourth-order valence-electron chi connectivity index (χ4n) is 3.51. The van der Waals surface area contributed by atoms with Gasteiger partial charge in [0.1, 0.15) is 18.3 Å². The number of ether oxygens (including phenoxy) is 1. The number of fused-ring (bicyclic) bond motifs is 1. The molecule has 1 saturated carbocycles. The molecule has 1 aromatic rings. The van der Waals surface area contributed by atoms with Gasteiger partial charge in [0.25, 0.3) is 0 Å². The highest BCUT2D eigenvalue weighted by molar-refractivity contribution is 5.85. The molecule has 0 saturated heterocycles. The molecule has 21 heavy (non-hydrogen) atoms. The van der Waals surface area contributed by atoms with E-state index in [9.17, 15) is 9.90 Å². The van der Waals surface area contributed by atoms with Gasteiger partial charge in [-0.3, -0.25) is 4.79 Å². The second-order valence-corrected chi connectivity index (χ2v) is 6.21. The fourth-order valence-corrected chi connectivity index (χ4v) is 3.51. The van der Waals surface area contributed by atoms with Crippen LogP contribution in [0.15, 0.2) is 24.3 Å².